The minimum Gasteiger partial charge on any atom is -0.256 e. The summed E-state index contributed by atoms with van der Waals surface area (Å²) >= 11 is 0. The number of hydrogen-bond donors (Lipinski definition) is 1. The number of rotatable bonds is 1. The summed E-state index contributed by atoms with van der Waals surface area (Å²) in [6.45, 7) is 0. The highest BCUT2D eigenvalue weighted by atomic mass is 15.3. The third kappa shape index (κ3) is 0.661. The lowest BCUT2D eigenvalue weighted by Gasteiger charge is -1.88. The molecule has 2 aromatic rings. The van der Waals surface area contributed by atoms with Crippen LogP contribution in [0.1, 0.15) is 0 Å². The van der Waals surface area contributed by atoms with Crippen LogP contribution in [0.2, 0.25) is 0 Å². The Bertz CT molecular complexity index is 249. The van der Waals surface area contributed by atoms with Crippen LogP contribution in [0.15, 0.2) is 12.7 Å². The number of H-pyrrole nitrogens is 1. The molecule has 2 heterocycles. The van der Waals surface area contributed by atoms with E-state index in [0.29, 0.717) is 5.95 Å². The van der Waals surface area contributed by atoms with Gasteiger partial charge in [0.05, 0.1) is 0 Å². The summed E-state index contributed by atoms with van der Waals surface area (Å²) in [5.74, 6) is 0.560. The van der Waals surface area contributed by atoms with Gasteiger partial charge in [-0.05, 0) is 0 Å². The van der Waals surface area contributed by atoms with Crippen molar-refractivity contribution in [3.63, 3.8) is 0 Å². The molecular formula is C4H3N6. The second-order valence-electron chi connectivity index (χ2n) is 1.63. The first kappa shape index (κ1) is 5.10. The monoisotopic (exact) mass is 135 g/mol. The molecule has 2 aromatic heterocycles. The third-order valence-corrected chi connectivity index (χ3v) is 1.03. The van der Waals surface area contributed by atoms with Crippen molar-refractivity contribution in [1.82, 2.24) is 29.9 Å². The van der Waals surface area contributed by atoms with Crippen LogP contribution < -0.4 is 0 Å². The quantitative estimate of drug-likeness (QED) is 0.554. The van der Waals surface area contributed by atoms with Gasteiger partial charge in [0.15, 0.2) is 0 Å². The molecule has 6 nitrogen and oxygen atoms in total. The Morgan fingerprint density at radius 3 is 2.80 bits per heavy atom. The van der Waals surface area contributed by atoms with E-state index >= 15 is 0 Å². The average Bonchev–Trinajstić information content (AvgIpc) is 2.59. The van der Waals surface area contributed by atoms with Crippen LogP contribution >= 0.6 is 0 Å². The normalized spacial score (nSPS) is 10.0. The van der Waals surface area contributed by atoms with Gasteiger partial charge in [-0.15, -0.1) is 15.3 Å². The van der Waals surface area contributed by atoms with Crippen LogP contribution in [0.4, 0.5) is 0 Å². The highest BCUT2D eigenvalue weighted by Gasteiger charge is 1.95. The molecule has 49 valence electrons. The van der Waals surface area contributed by atoms with Crippen molar-refractivity contribution in [2.75, 3.05) is 0 Å². The molecule has 2 rings (SSSR count). The van der Waals surface area contributed by atoms with E-state index in [1.807, 2.05) is 0 Å². The van der Waals surface area contributed by atoms with Gasteiger partial charge in [0.1, 0.15) is 12.7 Å². The van der Waals surface area contributed by atoms with Gasteiger partial charge in [0, 0.05) is 0 Å². The van der Waals surface area contributed by atoms with E-state index in [9.17, 15) is 0 Å². The molecule has 0 aliphatic rings. The fraction of sp³-hybridized carbons (Fsp3) is 0. The number of nitrogens with zero attached hydrogens (tertiary/aromatic N) is 5. The fourth-order valence-electron chi connectivity index (χ4n) is 0.598. The van der Waals surface area contributed by atoms with E-state index in [0.717, 1.165) is 0 Å². The summed E-state index contributed by atoms with van der Waals surface area (Å²) < 4.78 is 1.60. The smallest absolute Gasteiger partial charge is 0.232 e. The van der Waals surface area contributed by atoms with E-state index in [-0.39, 0.29) is 0 Å². The number of aromatic nitrogens is 6. The van der Waals surface area contributed by atoms with Crippen LogP contribution in [0, 0.1) is 6.33 Å². The van der Waals surface area contributed by atoms with Crippen molar-refractivity contribution in [2.45, 2.75) is 0 Å². The number of aromatic amines is 1. The first-order chi connectivity index (χ1) is 4.97. The molecule has 0 bridgehead atoms. The molecule has 0 amide bonds. The maximum absolute atomic E-state index is 3.75. The summed E-state index contributed by atoms with van der Waals surface area (Å²) in [4.78, 5) is 3.75. The van der Waals surface area contributed by atoms with Gasteiger partial charge < -0.3 is 0 Å². The van der Waals surface area contributed by atoms with E-state index in [4.69, 9.17) is 0 Å². The Labute approximate surface area is 55.9 Å². The van der Waals surface area contributed by atoms with Gasteiger partial charge in [-0.3, -0.25) is 4.57 Å². The zero-order valence-electron chi connectivity index (χ0n) is 4.89. The molecule has 1 radical (unpaired) electrons. The average molecular weight is 135 g/mol. The molecule has 0 aromatic carbocycles. The van der Waals surface area contributed by atoms with Crippen molar-refractivity contribution >= 4 is 0 Å². The van der Waals surface area contributed by atoms with Crippen LogP contribution in [-0.2, 0) is 0 Å². The van der Waals surface area contributed by atoms with Gasteiger partial charge in [-0.25, -0.2) is 5.10 Å². The lowest BCUT2D eigenvalue weighted by molar-refractivity contribution is 0.929. The van der Waals surface area contributed by atoms with Crippen molar-refractivity contribution in [3.8, 4) is 5.95 Å². The molecule has 6 heteroatoms. The van der Waals surface area contributed by atoms with Gasteiger partial charge >= 0.3 is 0 Å². The Hall–Kier alpha value is -1.72. The summed E-state index contributed by atoms with van der Waals surface area (Å²) in [6.07, 6.45) is 5.43. The maximum Gasteiger partial charge on any atom is 0.232 e. The van der Waals surface area contributed by atoms with Gasteiger partial charge in [0.2, 0.25) is 12.3 Å². The molecule has 0 aliphatic carbocycles. The molecule has 1 N–H and O–H groups in total. The predicted molar refractivity (Wildman–Crippen MR) is 30.1 cm³/mol. The number of nitrogens with one attached hydrogen (secondary N) is 1. The Balaban J connectivity index is 2.48. The topological polar surface area (TPSA) is 72.3 Å². The van der Waals surface area contributed by atoms with Crippen LogP contribution in [-0.4, -0.2) is 29.9 Å². The van der Waals surface area contributed by atoms with Crippen molar-refractivity contribution in [3.05, 3.63) is 19.0 Å². The molecule has 0 unspecified atom stereocenters. The minimum atomic E-state index is 0.560. The molecule has 0 saturated heterocycles. The standard InChI is InChI=1S/C4H3N6/c1-5-4(9-6-1)10-2-7-8-3-10/h2-3H,(H,5,6,9). The molecule has 0 fully saturated rings. The summed E-state index contributed by atoms with van der Waals surface area (Å²) in [7, 11) is 0. The van der Waals surface area contributed by atoms with E-state index in [1.165, 1.54) is 12.7 Å². The first-order valence-corrected chi connectivity index (χ1v) is 2.60. The molecule has 10 heavy (non-hydrogen) atoms. The first-order valence-electron chi connectivity index (χ1n) is 2.60. The summed E-state index contributed by atoms with van der Waals surface area (Å²) in [5, 5.41) is 13.3. The van der Waals surface area contributed by atoms with Crippen molar-refractivity contribution < 1.29 is 0 Å². The van der Waals surface area contributed by atoms with Gasteiger partial charge in [-0.2, -0.15) is 4.98 Å². The lowest BCUT2D eigenvalue weighted by atomic mass is 10.9. The summed E-state index contributed by atoms with van der Waals surface area (Å²) in [5.41, 5.74) is 0. The maximum atomic E-state index is 3.75. The highest BCUT2D eigenvalue weighted by Crippen LogP contribution is 1.91. The number of hydrogen-bond acceptors (Lipinski definition) is 4. The van der Waals surface area contributed by atoms with Crippen molar-refractivity contribution in [1.29, 1.82) is 0 Å². The second kappa shape index (κ2) is 1.90. The van der Waals surface area contributed by atoms with E-state index < -0.39 is 0 Å². The summed E-state index contributed by atoms with van der Waals surface area (Å²) in [6, 6.07) is 0. The third-order valence-electron chi connectivity index (χ3n) is 1.03. The lowest BCUT2D eigenvalue weighted by Crippen LogP contribution is -1.91. The van der Waals surface area contributed by atoms with Crippen LogP contribution in [0.3, 0.4) is 0 Å². The minimum absolute atomic E-state index is 0.560. The molecule has 0 saturated carbocycles. The van der Waals surface area contributed by atoms with Gasteiger partial charge in [-0.1, -0.05) is 0 Å². The largest absolute Gasteiger partial charge is 0.256 e. The molecule has 0 spiro atoms. The second-order valence-corrected chi connectivity index (χ2v) is 1.63. The predicted octanol–water partition coefficient (Wildman–Crippen LogP) is -0.814. The molecule has 0 atom stereocenters. The zero-order chi connectivity index (χ0) is 6.81. The van der Waals surface area contributed by atoms with E-state index in [2.05, 4.69) is 31.7 Å². The highest BCUT2D eigenvalue weighted by molar-refractivity contribution is 5.03. The van der Waals surface area contributed by atoms with Crippen LogP contribution in [0.5, 0.6) is 0 Å². The van der Waals surface area contributed by atoms with Gasteiger partial charge in [0.25, 0.3) is 0 Å². The molecular weight excluding hydrogens is 132 g/mol. The SMILES string of the molecule is [c]1n[nH]c(-n2cnnc2)n1. The Morgan fingerprint density at radius 1 is 1.40 bits per heavy atom. The van der Waals surface area contributed by atoms with Crippen molar-refractivity contribution in [2.24, 2.45) is 0 Å². The Morgan fingerprint density at radius 2 is 2.20 bits per heavy atom. The Kier molecular flexibility index (Phi) is 0.970. The fourth-order valence-corrected chi connectivity index (χ4v) is 0.598. The van der Waals surface area contributed by atoms with E-state index in [1.54, 1.807) is 4.57 Å². The molecule has 0 aliphatic heterocycles. The van der Waals surface area contributed by atoms with Crippen LogP contribution in [0.25, 0.3) is 5.95 Å². The zero-order valence-corrected chi connectivity index (χ0v) is 4.89.